The van der Waals surface area contributed by atoms with Crippen LogP contribution in [0, 0.1) is 0 Å². The number of nitrogens with zero attached hydrogens (tertiary/aromatic N) is 4. The number of piperazine rings is 1. The smallest absolute Gasteiger partial charge is 0.289 e. The summed E-state index contributed by atoms with van der Waals surface area (Å²) >= 11 is 0. The van der Waals surface area contributed by atoms with E-state index in [-0.39, 0.29) is 5.91 Å². The number of hydrogen-bond donors (Lipinski definition) is 1. The zero-order valence-electron chi connectivity index (χ0n) is 16.7. The van der Waals surface area contributed by atoms with Crippen molar-refractivity contribution >= 4 is 17.6 Å². The van der Waals surface area contributed by atoms with Gasteiger partial charge in [-0.2, -0.15) is 0 Å². The van der Waals surface area contributed by atoms with Gasteiger partial charge in [-0.25, -0.2) is 0 Å². The van der Waals surface area contributed by atoms with Crippen molar-refractivity contribution < 1.29 is 9.21 Å². The molecule has 150 valence electrons. The zero-order valence-corrected chi connectivity index (χ0v) is 16.7. The molecule has 0 spiro atoms. The third kappa shape index (κ3) is 5.06. The third-order valence-corrected chi connectivity index (χ3v) is 4.96. The van der Waals surface area contributed by atoms with E-state index in [1.54, 1.807) is 19.2 Å². The number of amides is 1. The highest BCUT2D eigenvalue weighted by atomic mass is 16.3. The molecule has 7 nitrogen and oxygen atoms in total. The molecule has 1 aromatic carbocycles. The van der Waals surface area contributed by atoms with E-state index in [1.165, 1.54) is 12.0 Å². The Kier molecular flexibility index (Phi) is 6.94. The minimum atomic E-state index is -0.0449. The second-order valence-corrected chi connectivity index (χ2v) is 6.84. The van der Waals surface area contributed by atoms with Crippen LogP contribution in [0.15, 0.2) is 58.1 Å². The lowest BCUT2D eigenvalue weighted by Crippen LogP contribution is -2.53. The number of para-hydroxylation sites is 1. The number of furan rings is 1. The van der Waals surface area contributed by atoms with E-state index in [2.05, 4.69) is 51.4 Å². The maximum Gasteiger partial charge on any atom is 0.289 e. The van der Waals surface area contributed by atoms with Gasteiger partial charge in [-0.1, -0.05) is 18.2 Å². The van der Waals surface area contributed by atoms with E-state index in [9.17, 15) is 4.79 Å². The summed E-state index contributed by atoms with van der Waals surface area (Å²) in [4.78, 5) is 23.0. The van der Waals surface area contributed by atoms with Crippen LogP contribution < -0.4 is 10.2 Å². The highest BCUT2D eigenvalue weighted by Crippen LogP contribution is 2.11. The highest BCUT2D eigenvalue weighted by molar-refractivity contribution is 5.91. The van der Waals surface area contributed by atoms with E-state index in [1.807, 2.05) is 11.0 Å². The van der Waals surface area contributed by atoms with E-state index in [4.69, 9.17) is 4.42 Å². The zero-order chi connectivity index (χ0) is 19.8. The van der Waals surface area contributed by atoms with Crippen LogP contribution in [0.5, 0.6) is 0 Å². The molecule has 0 unspecified atom stereocenters. The average Bonchev–Trinajstić information content (AvgIpc) is 3.29. The molecule has 3 rings (SSSR count). The second kappa shape index (κ2) is 9.82. The molecule has 1 N–H and O–H groups in total. The normalized spacial score (nSPS) is 14.9. The van der Waals surface area contributed by atoms with Crippen LogP contribution in [0.25, 0.3) is 0 Å². The molecule has 0 radical (unpaired) electrons. The Balaban J connectivity index is 1.39. The predicted molar refractivity (Wildman–Crippen MR) is 112 cm³/mol. The van der Waals surface area contributed by atoms with Gasteiger partial charge in [-0.05, 0) is 30.7 Å². The number of nitrogens with one attached hydrogen (secondary N) is 1. The van der Waals surface area contributed by atoms with Crippen LogP contribution in [-0.2, 0) is 0 Å². The van der Waals surface area contributed by atoms with Gasteiger partial charge in [0.05, 0.1) is 6.26 Å². The molecule has 1 aliphatic heterocycles. The molecule has 0 atom stereocenters. The fraction of sp³-hybridized carbons (Fsp3) is 0.429. The van der Waals surface area contributed by atoms with Gasteiger partial charge in [0.1, 0.15) is 0 Å². The SMILES string of the molecule is CN=C(NCCCN(C)c1ccccc1)N1CCN(C(=O)c2ccco2)CC1. The number of guanidine groups is 1. The van der Waals surface area contributed by atoms with Crippen molar-refractivity contribution in [1.29, 1.82) is 0 Å². The molecule has 1 aromatic heterocycles. The van der Waals surface area contributed by atoms with Crippen molar-refractivity contribution in [1.82, 2.24) is 15.1 Å². The quantitative estimate of drug-likeness (QED) is 0.470. The number of carbonyl (C=O) groups is 1. The van der Waals surface area contributed by atoms with Crippen molar-refractivity contribution in [3.05, 3.63) is 54.5 Å². The molecule has 2 heterocycles. The Morgan fingerprint density at radius 1 is 1.11 bits per heavy atom. The Hall–Kier alpha value is -2.96. The summed E-state index contributed by atoms with van der Waals surface area (Å²) in [6.07, 6.45) is 2.55. The lowest BCUT2D eigenvalue weighted by molar-refractivity contribution is 0.0658. The lowest BCUT2D eigenvalue weighted by Gasteiger charge is -2.36. The van der Waals surface area contributed by atoms with Gasteiger partial charge >= 0.3 is 0 Å². The number of carbonyl (C=O) groups excluding carboxylic acids is 1. The minimum Gasteiger partial charge on any atom is -0.459 e. The van der Waals surface area contributed by atoms with Crippen LogP contribution >= 0.6 is 0 Å². The van der Waals surface area contributed by atoms with Gasteiger partial charge in [0.25, 0.3) is 5.91 Å². The maximum absolute atomic E-state index is 12.4. The topological polar surface area (TPSA) is 64.3 Å². The van der Waals surface area contributed by atoms with Crippen molar-refractivity contribution in [2.75, 3.05) is 58.3 Å². The Labute approximate surface area is 166 Å². The number of rotatable bonds is 6. The summed E-state index contributed by atoms with van der Waals surface area (Å²) in [6, 6.07) is 13.8. The first-order chi connectivity index (χ1) is 13.7. The summed E-state index contributed by atoms with van der Waals surface area (Å²) in [6.45, 7) is 4.68. The summed E-state index contributed by atoms with van der Waals surface area (Å²) in [7, 11) is 3.91. The van der Waals surface area contributed by atoms with Crippen molar-refractivity contribution in [3.63, 3.8) is 0 Å². The van der Waals surface area contributed by atoms with E-state index >= 15 is 0 Å². The molecule has 1 amide bonds. The summed E-state index contributed by atoms with van der Waals surface area (Å²) in [5, 5.41) is 3.44. The van der Waals surface area contributed by atoms with Gasteiger partial charge in [0.15, 0.2) is 11.7 Å². The third-order valence-electron chi connectivity index (χ3n) is 4.96. The van der Waals surface area contributed by atoms with Gasteiger partial charge in [0, 0.05) is 59.1 Å². The van der Waals surface area contributed by atoms with Crippen LogP contribution in [0.3, 0.4) is 0 Å². The standard InChI is InChI=1S/C21H29N5O2/c1-22-21(23-11-7-12-24(2)18-8-4-3-5-9-18)26-15-13-25(14-16-26)20(27)19-10-6-17-28-19/h3-6,8-10,17H,7,11-16H2,1-2H3,(H,22,23). The minimum absolute atomic E-state index is 0.0449. The van der Waals surface area contributed by atoms with Crippen LogP contribution in [0.2, 0.25) is 0 Å². The van der Waals surface area contributed by atoms with Gasteiger partial charge < -0.3 is 24.4 Å². The Morgan fingerprint density at radius 2 is 1.82 bits per heavy atom. The molecule has 28 heavy (non-hydrogen) atoms. The first-order valence-electron chi connectivity index (χ1n) is 9.73. The summed E-state index contributed by atoms with van der Waals surface area (Å²) < 4.78 is 5.22. The molecule has 0 aliphatic carbocycles. The van der Waals surface area contributed by atoms with E-state index in [0.29, 0.717) is 18.8 Å². The summed E-state index contributed by atoms with van der Waals surface area (Å²) in [5.74, 6) is 1.25. The first-order valence-corrected chi connectivity index (χ1v) is 9.73. The Bertz CT molecular complexity index is 752. The molecule has 0 saturated carbocycles. The molecule has 1 saturated heterocycles. The molecular weight excluding hydrogens is 354 g/mol. The fourth-order valence-electron chi connectivity index (χ4n) is 3.34. The van der Waals surface area contributed by atoms with E-state index < -0.39 is 0 Å². The molecule has 1 fully saturated rings. The highest BCUT2D eigenvalue weighted by Gasteiger charge is 2.24. The largest absolute Gasteiger partial charge is 0.459 e. The molecule has 2 aromatic rings. The number of hydrogen-bond acceptors (Lipinski definition) is 4. The maximum atomic E-state index is 12.4. The van der Waals surface area contributed by atoms with Crippen LogP contribution in [0.4, 0.5) is 5.69 Å². The average molecular weight is 383 g/mol. The van der Waals surface area contributed by atoms with Crippen molar-refractivity contribution in [2.45, 2.75) is 6.42 Å². The monoisotopic (exact) mass is 383 g/mol. The second-order valence-electron chi connectivity index (χ2n) is 6.84. The lowest BCUT2D eigenvalue weighted by atomic mass is 10.3. The van der Waals surface area contributed by atoms with Crippen LogP contribution in [-0.4, -0.2) is 75.0 Å². The fourth-order valence-corrected chi connectivity index (χ4v) is 3.34. The van der Waals surface area contributed by atoms with Gasteiger partial charge in [-0.15, -0.1) is 0 Å². The molecule has 1 aliphatic rings. The molecule has 7 heteroatoms. The Morgan fingerprint density at radius 3 is 2.46 bits per heavy atom. The predicted octanol–water partition coefficient (Wildman–Crippen LogP) is 2.14. The number of benzene rings is 1. The van der Waals surface area contributed by atoms with Gasteiger partial charge in [-0.3, -0.25) is 9.79 Å². The molecule has 0 bridgehead atoms. The number of aliphatic imine (C=N–C) groups is 1. The van der Waals surface area contributed by atoms with Crippen molar-refractivity contribution in [3.8, 4) is 0 Å². The molecular formula is C21H29N5O2. The number of anilines is 1. The van der Waals surface area contributed by atoms with Crippen molar-refractivity contribution in [2.24, 2.45) is 4.99 Å². The van der Waals surface area contributed by atoms with Gasteiger partial charge in [0.2, 0.25) is 0 Å². The van der Waals surface area contributed by atoms with Crippen LogP contribution in [0.1, 0.15) is 17.0 Å². The van der Waals surface area contributed by atoms with E-state index in [0.717, 1.165) is 38.6 Å². The first kappa shape index (κ1) is 19.8. The summed E-state index contributed by atoms with van der Waals surface area (Å²) in [5.41, 5.74) is 1.23.